The van der Waals surface area contributed by atoms with Crippen LogP contribution in [0, 0.1) is 0 Å². The lowest BCUT2D eigenvalue weighted by molar-refractivity contribution is 0.595. The Labute approximate surface area is 108 Å². The van der Waals surface area contributed by atoms with E-state index in [1.165, 1.54) is 89.0 Å². The van der Waals surface area contributed by atoms with Gasteiger partial charge in [0, 0.05) is 0 Å². The van der Waals surface area contributed by atoms with Crippen molar-refractivity contribution in [1.29, 1.82) is 0 Å². The summed E-state index contributed by atoms with van der Waals surface area (Å²) in [6.07, 6.45) is 22.5. The molecule has 0 bridgehead atoms. The highest BCUT2D eigenvalue weighted by atomic mass is 14.0. The minimum atomic E-state index is 1.27. The third-order valence-electron chi connectivity index (χ3n) is 3.72. The van der Waals surface area contributed by atoms with Gasteiger partial charge in [-0.25, -0.2) is 0 Å². The minimum Gasteiger partial charge on any atom is -0.0999 e. The van der Waals surface area contributed by atoms with Crippen LogP contribution in [-0.4, -0.2) is 0 Å². The molecule has 1 aliphatic rings. The van der Waals surface area contributed by atoms with Gasteiger partial charge in [-0.15, -0.1) is 0 Å². The van der Waals surface area contributed by atoms with Crippen molar-refractivity contribution in [3.05, 3.63) is 24.3 Å². The second-order valence-corrected chi connectivity index (χ2v) is 5.48. The monoisotopic (exact) mass is 234 g/mol. The molecule has 0 aromatic rings. The van der Waals surface area contributed by atoms with Crippen LogP contribution < -0.4 is 0 Å². The standard InChI is InChI=1S/C17H30/c1-17-15-13-11-9-7-5-3-2-4-6-8-10-12-14-16-17/h2-3H,1,4-16H2. The van der Waals surface area contributed by atoms with E-state index in [0.29, 0.717) is 0 Å². The number of allylic oxidation sites excluding steroid dienone is 3. The predicted molar refractivity (Wildman–Crippen MR) is 78.3 cm³/mol. The van der Waals surface area contributed by atoms with E-state index in [-0.39, 0.29) is 0 Å². The fraction of sp³-hybridized carbons (Fsp3) is 0.765. The molecule has 0 aliphatic heterocycles. The average Bonchev–Trinajstić information content (AvgIpc) is 2.32. The molecule has 0 atom stereocenters. The van der Waals surface area contributed by atoms with E-state index >= 15 is 0 Å². The Morgan fingerprint density at radius 1 is 0.588 bits per heavy atom. The Balaban J connectivity index is 2.18. The summed E-state index contributed by atoms with van der Waals surface area (Å²) < 4.78 is 0. The summed E-state index contributed by atoms with van der Waals surface area (Å²) >= 11 is 0. The lowest BCUT2D eigenvalue weighted by atomic mass is 10.0. The van der Waals surface area contributed by atoms with Gasteiger partial charge in [0.2, 0.25) is 0 Å². The zero-order chi connectivity index (χ0) is 12.2. The first-order valence-electron chi connectivity index (χ1n) is 7.71. The van der Waals surface area contributed by atoms with Crippen molar-refractivity contribution in [3.8, 4) is 0 Å². The Kier molecular flexibility index (Phi) is 9.09. The quantitative estimate of drug-likeness (QED) is 0.439. The fourth-order valence-corrected chi connectivity index (χ4v) is 2.52. The minimum absolute atomic E-state index is 1.27. The highest BCUT2D eigenvalue weighted by Gasteiger charge is 1.97. The van der Waals surface area contributed by atoms with Gasteiger partial charge in [-0.3, -0.25) is 0 Å². The van der Waals surface area contributed by atoms with E-state index in [0.717, 1.165) is 0 Å². The molecule has 1 aliphatic carbocycles. The van der Waals surface area contributed by atoms with Crippen LogP contribution in [-0.2, 0) is 0 Å². The maximum absolute atomic E-state index is 4.21. The van der Waals surface area contributed by atoms with Crippen molar-refractivity contribution in [3.63, 3.8) is 0 Å². The predicted octanol–water partition coefficient (Wildman–Crippen LogP) is 6.18. The first-order valence-corrected chi connectivity index (χ1v) is 7.71. The molecule has 0 saturated heterocycles. The number of rotatable bonds is 0. The SMILES string of the molecule is C=C1CCCCCCC=CCCCCCCC1. The first kappa shape index (κ1) is 14.5. The third kappa shape index (κ3) is 9.21. The van der Waals surface area contributed by atoms with E-state index in [1.807, 2.05) is 0 Å². The van der Waals surface area contributed by atoms with Gasteiger partial charge in [0.25, 0.3) is 0 Å². The first-order chi connectivity index (χ1) is 8.39. The maximum atomic E-state index is 4.21. The smallest absolute Gasteiger partial charge is 0.0323 e. The molecule has 1 rings (SSSR count). The molecule has 98 valence electrons. The van der Waals surface area contributed by atoms with Gasteiger partial charge in [0.15, 0.2) is 0 Å². The fourth-order valence-electron chi connectivity index (χ4n) is 2.52. The molecular weight excluding hydrogens is 204 g/mol. The third-order valence-corrected chi connectivity index (χ3v) is 3.72. The Bertz CT molecular complexity index is 212. The molecule has 0 aromatic heterocycles. The summed E-state index contributed by atoms with van der Waals surface area (Å²) in [5, 5.41) is 0. The maximum Gasteiger partial charge on any atom is -0.0323 e. The Hall–Kier alpha value is -0.520. The van der Waals surface area contributed by atoms with Crippen molar-refractivity contribution >= 4 is 0 Å². The zero-order valence-electron chi connectivity index (χ0n) is 11.6. The molecule has 0 aromatic carbocycles. The molecule has 0 saturated carbocycles. The van der Waals surface area contributed by atoms with Crippen molar-refractivity contribution in [1.82, 2.24) is 0 Å². The van der Waals surface area contributed by atoms with Gasteiger partial charge in [-0.1, -0.05) is 56.4 Å². The molecule has 0 N–H and O–H groups in total. The summed E-state index contributed by atoms with van der Waals surface area (Å²) in [5.74, 6) is 0. The molecule has 0 fully saturated rings. The lowest BCUT2D eigenvalue weighted by Gasteiger charge is -2.06. The molecule has 0 spiro atoms. The van der Waals surface area contributed by atoms with Crippen LogP contribution in [0.4, 0.5) is 0 Å². The van der Waals surface area contributed by atoms with Crippen LogP contribution in [0.5, 0.6) is 0 Å². The molecule has 0 nitrogen and oxygen atoms in total. The van der Waals surface area contributed by atoms with E-state index in [4.69, 9.17) is 0 Å². The van der Waals surface area contributed by atoms with E-state index in [1.54, 1.807) is 0 Å². The van der Waals surface area contributed by atoms with E-state index < -0.39 is 0 Å². The number of hydrogen-bond donors (Lipinski definition) is 0. The topological polar surface area (TPSA) is 0 Å². The summed E-state index contributed by atoms with van der Waals surface area (Å²) in [7, 11) is 0. The zero-order valence-corrected chi connectivity index (χ0v) is 11.6. The molecule has 0 unspecified atom stereocenters. The molecule has 17 heavy (non-hydrogen) atoms. The second-order valence-electron chi connectivity index (χ2n) is 5.48. The Morgan fingerprint density at radius 2 is 1.00 bits per heavy atom. The van der Waals surface area contributed by atoms with Gasteiger partial charge in [0.05, 0.1) is 0 Å². The molecule has 0 radical (unpaired) electrons. The van der Waals surface area contributed by atoms with Crippen molar-refractivity contribution < 1.29 is 0 Å². The van der Waals surface area contributed by atoms with Crippen molar-refractivity contribution in [2.75, 3.05) is 0 Å². The van der Waals surface area contributed by atoms with E-state index in [9.17, 15) is 0 Å². The van der Waals surface area contributed by atoms with Gasteiger partial charge in [-0.05, 0) is 51.4 Å². The Morgan fingerprint density at radius 3 is 1.53 bits per heavy atom. The summed E-state index contributed by atoms with van der Waals surface area (Å²) in [6, 6.07) is 0. The highest BCUT2D eigenvalue weighted by molar-refractivity contribution is 4.93. The average molecular weight is 234 g/mol. The lowest BCUT2D eigenvalue weighted by Crippen LogP contribution is -1.86. The van der Waals surface area contributed by atoms with Crippen LogP contribution in [0.2, 0.25) is 0 Å². The van der Waals surface area contributed by atoms with Crippen LogP contribution in [0.3, 0.4) is 0 Å². The van der Waals surface area contributed by atoms with Crippen molar-refractivity contribution in [2.24, 2.45) is 0 Å². The van der Waals surface area contributed by atoms with E-state index in [2.05, 4.69) is 18.7 Å². The normalized spacial score (nSPS) is 22.5. The summed E-state index contributed by atoms with van der Waals surface area (Å²) in [4.78, 5) is 0. The van der Waals surface area contributed by atoms with Gasteiger partial charge in [0.1, 0.15) is 0 Å². The van der Waals surface area contributed by atoms with Gasteiger partial charge in [-0.2, -0.15) is 0 Å². The molecular formula is C17H30. The summed E-state index contributed by atoms with van der Waals surface area (Å²) in [6.45, 7) is 4.21. The molecule has 0 heterocycles. The molecule has 0 amide bonds. The van der Waals surface area contributed by atoms with Crippen LogP contribution in [0.25, 0.3) is 0 Å². The molecule has 0 heteroatoms. The highest BCUT2D eigenvalue weighted by Crippen LogP contribution is 2.17. The van der Waals surface area contributed by atoms with Crippen molar-refractivity contribution in [2.45, 2.75) is 83.5 Å². The van der Waals surface area contributed by atoms with Crippen LogP contribution in [0.1, 0.15) is 83.5 Å². The largest absolute Gasteiger partial charge is 0.0999 e. The van der Waals surface area contributed by atoms with Crippen LogP contribution >= 0.6 is 0 Å². The van der Waals surface area contributed by atoms with Crippen LogP contribution in [0.15, 0.2) is 24.3 Å². The summed E-state index contributed by atoms with van der Waals surface area (Å²) in [5.41, 5.74) is 1.50. The van der Waals surface area contributed by atoms with Gasteiger partial charge >= 0.3 is 0 Å². The number of hydrogen-bond acceptors (Lipinski definition) is 0. The van der Waals surface area contributed by atoms with Gasteiger partial charge < -0.3 is 0 Å². The second kappa shape index (κ2) is 10.6.